The number of ether oxygens (including phenoxy) is 2. The van der Waals surface area contributed by atoms with Crippen molar-refractivity contribution in [2.75, 3.05) is 13.2 Å². The third-order valence-corrected chi connectivity index (χ3v) is 5.07. The first kappa shape index (κ1) is 25.2. The second-order valence-electron chi connectivity index (χ2n) is 6.30. The van der Waals surface area contributed by atoms with Crippen molar-refractivity contribution >= 4 is 68.3 Å². The number of rotatable bonds is 8. The molecule has 11 heteroatoms. The maximum absolute atomic E-state index is 11.9. The Hall–Kier alpha value is -2.07. The molecule has 0 saturated heterocycles. The second kappa shape index (κ2) is 12.7. The van der Waals surface area contributed by atoms with Gasteiger partial charge in [0.15, 0.2) is 11.7 Å². The van der Waals surface area contributed by atoms with Crippen molar-refractivity contribution in [3.05, 3.63) is 56.5 Å². The molecule has 0 saturated carbocycles. The van der Waals surface area contributed by atoms with Crippen LogP contribution >= 0.6 is 51.3 Å². The largest absolute Gasteiger partial charge is 0.492 e. The first-order valence-corrected chi connectivity index (χ1v) is 11.1. The molecule has 31 heavy (non-hydrogen) atoms. The highest BCUT2D eigenvalue weighted by molar-refractivity contribution is 9.10. The SMILES string of the molecule is Cc1ccc(OCC(=O)NC(=S)NNC(=O)CCCOc2ccc(Cl)cc2Cl)c(Br)c1. The highest BCUT2D eigenvalue weighted by Crippen LogP contribution is 2.27. The zero-order chi connectivity index (χ0) is 22.8. The molecule has 0 spiro atoms. The smallest absolute Gasteiger partial charge is 0.264 e. The quantitative estimate of drug-likeness (QED) is 0.258. The predicted octanol–water partition coefficient (Wildman–Crippen LogP) is 4.32. The van der Waals surface area contributed by atoms with Gasteiger partial charge in [-0.25, -0.2) is 0 Å². The minimum absolute atomic E-state index is 0.0471. The lowest BCUT2D eigenvalue weighted by molar-refractivity contribution is -0.123. The lowest BCUT2D eigenvalue weighted by Crippen LogP contribution is -2.49. The van der Waals surface area contributed by atoms with Crippen molar-refractivity contribution in [1.82, 2.24) is 16.2 Å². The van der Waals surface area contributed by atoms with Gasteiger partial charge in [-0.3, -0.25) is 25.8 Å². The molecule has 3 N–H and O–H groups in total. The summed E-state index contributed by atoms with van der Waals surface area (Å²) in [6, 6.07) is 10.4. The number of amides is 2. The van der Waals surface area contributed by atoms with E-state index in [0.29, 0.717) is 34.6 Å². The average Bonchev–Trinajstić information content (AvgIpc) is 2.70. The van der Waals surface area contributed by atoms with Gasteiger partial charge in [-0.15, -0.1) is 0 Å². The van der Waals surface area contributed by atoms with Crippen molar-refractivity contribution in [1.29, 1.82) is 0 Å². The molecule has 0 fully saturated rings. The summed E-state index contributed by atoms with van der Waals surface area (Å²) in [7, 11) is 0. The van der Waals surface area contributed by atoms with Gasteiger partial charge in [0.05, 0.1) is 16.1 Å². The fourth-order valence-electron chi connectivity index (χ4n) is 2.26. The van der Waals surface area contributed by atoms with Gasteiger partial charge in [0.2, 0.25) is 5.91 Å². The van der Waals surface area contributed by atoms with Crippen LogP contribution in [-0.2, 0) is 9.59 Å². The standard InChI is InChI=1S/C20H20BrCl2N3O4S/c1-12-4-6-16(14(21)9-12)30-11-19(28)24-20(31)26-25-18(27)3-2-8-29-17-7-5-13(22)10-15(17)23/h4-7,9-10H,2-3,8,11H2,1H3,(H,25,27)(H2,24,26,28,31). The second-order valence-corrected chi connectivity index (χ2v) is 8.41. The Morgan fingerprint density at radius 1 is 1.03 bits per heavy atom. The van der Waals surface area contributed by atoms with Crippen LogP contribution < -0.4 is 25.6 Å². The highest BCUT2D eigenvalue weighted by atomic mass is 79.9. The van der Waals surface area contributed by atoms with E-state index in [1.165, 1.54) is 0 Å². The van der Waals surface area contributed by atoms with E-state index in [0.717, 1.165) is 10.0 Å². The number of aryl methyl sites for hydroxylation is 1. The highest BCUT2D eigenvalue weighted by Gasteiger charge is 2.09. The van der Waals surface area contributed by atoms with E-state index >= 15 is 0 Å². The van der Waals surface area contributed by atoms with Crippen molar-refractivity contribution < 1.29 is 19.1 Å². The number of hydrogen-bond acceptors (Lipinski definition) is 5. The van der Waals surface area contributed by atoms with Crippen LogP contribution in [0.4, 0.5) is 0 Å². The van der Waals surface area contributed by atoms with E-state index in [1.807, 2.05) is 19.1 Å². The van der Waals surface area contributed by atoms with Crippen LogP contribution in [0.1, 0.15) is 18.4 Å². The molecule has 0 bridgehead atoms. The number of thiocarbonyl (C=S) groups is 1. The Morgan fingerprint density at radius 3 is 2.48 bits per heavy atom. The van der Waals surface area contributed by atoms with Gasteiger partial charge in [-0.2, -0.15) is 0 Å². The summed E-state index contributed by atoms with van der Waals surface area (Å²) in [6.07, 6.45) is 0.629. The molecule has 2 amide bonds. The number of carbonyl (C=O) groups is 2. The molecular formula is C20H20BrCl2N3O4S. The van der Waals surface area contributed by atoms with Gasteiger partial charge in [-0.1, -0.05) is 29.3 Å². The summed E-state index contributed by atoms with van der Waals surface area (Å²) in [5, 5.41) is 3.28. The lowest BCUT2D eigenvalue weighted by atomic mass is 10.2. The summed E-state index contributed by atoms with van der Waals surface area (Å²) in [6.45, 7) is 2.01. The van der Waals surface area contributed by atoms with Crippen LogP contribution in [0.5, 0.6) is 11.5 Å². The minimum Gasteiger partial charge on any atom is -0.492 e. The summed E-state index contributed by atoms with van der Waals surface area (Å²) < 4.78 is 11.7. The molecule has 2 rings (SSSR count). The van der Waals surface area contributed by atoms with Gasteiger partial charge in [0.1, 0.15) is 11.5 Å². The monoisotopic (exact) mass is 547 g/mol. The van der Waals surface area contributed by atoms with E-state index in [4.69, 9.17) is 44.9 Å². The first-order chi connectivity index (χ1) is 14.7. The number of nitrogens with one attached hydrogen (secondary N) is 3. The number of carbonyl (C=O) groups excluding carboxylic acids is 2. The Balaban J connectivity index is 1.60. The van der Waals surface area contributed by atoms with Crippen LogP contribution in [-0.4, -0.2) is 30.1 Å². The molecule has 166 valence electrons. The molecular weight excluding hydrogens is 529 g/mol. The van der Waals surface area contributed by atoms with E-state index in [9.17, 15) is 9.59 Å². The molecule has 2 aromatic rings. The molecule has 0 aliphatic carbocycles. The van der Waals surface area contributed by atoms with Crippen molar-refractivity contribution in [2.24, 2.45) is 0 Å². The van der Waals surface area contributed by atoms with Gasteiger partial charge in [0, 0.05) is 11.4 Å². The van der Waals surface area contributed by atoms with Crippen LogP contribution in [0.15, 0.2) is 40.9 Å². The van der Waals surface area contributed by atoms with Crippen molar-refractivity contribution in [3.63, 3.8) is 0 Å². The summed E-state index contributed by atoms with van der Waals surface area (Å²) in [5.41, 5.74) is 5.93. The molecule has 2 aromatic carbocycles. The number of hydrogen-bond donors (Lipinski definition) is 3. The molecule has 0 aliphatic rings. The minimum atomic E-state index is -0.465. The fourth-order valence-corrected chi connectivity index (χ4v) is 3.49. The maximum atomic E-state index is 11.9. The summed E-state index contributed by atoms with van der Waals surface area (Å²) in [5.74, 6) is 0.248. The average molecular weight is 549 g/mol. The molecule has 0 heterocycles. The van der Waals surface area contributed by atoms with Crippen molar-refractivity contribution in [2.45, 2.75) is 19.8 Å². The maximum Gasteiger partial charge on any atom is 0.264 e. The molecule has 7 nitrogen and oxygen atoms in total. The van der Waals surface area contributed by atoms with E-state index < -0.39 is 5.91 Å². The molecule has 0 atom stereocenters. The Labute approximate surface area is 203 Å². The fraction of sp³-hybridized carbons (Fsp3) is 0.250. The third-order valence-electron chi connectivity index (χ3n) is 3.71. The zero-order valence-electron chi connectivity index (χ0n) is 16.5. The Bertz CT molecular complexity index is 962. The van der Waals surface area contributed by atoms with Gasteiger partial charge in [0.25, 0.3) is 5.91 Å². The summed E-state index contributed by atoms with van der Waals surface area (Å²) >= 11 is 20.2. The predicted molar refractivity (Wildman–Crippen MR) is 128 cm³/mol. The number of hydrazine groups is 1. The third kappa shape index (κ3) is 9.30. The number of benzene rings is 2. The summed E-state index contributed by atoms with van der Waals surface area (Å²) in [4.78, 5) is 23.8. The van der Waals surface area contributed by atoms with E-state index in [-0.39, 0.29) is 24.0 Å². The molecule has 0 unspecified atom stereocenters. The zero-order valence-corrected chi connectivity index (χ0v) is 20.4. The van der Waals surface area contributed by atoms with Crippen molar-refractivity contribution in [3.8, 4) is 11.5 Å². The molecule has 0 aliphatic heterocycles. The van der Waals surface area contributed by atoms with Gasteiger partial charge >= 0.3 is 0 Å². The Morgan fingerprint density at radius 2 is 1.77 bits per heavy atom. The topological polar surface area (TPSA) is 88.7 Å². The van der Waals surface area contributed by atoms with Crippen LogP contribution in [0.2, 0.25) is 10.0 Å². The van der Waals surface area contributed by atoms with Crippen LogP contribution in [0, 0.1) is 6.92 Å². The van der Waals surface area contributed by atoms with Crippen LogP contribution in [0.25, 0.3) is 0 Å². The van der Waals surface area contributed by atoms with Gasteiger partial charge in [-0.05, 0) is 77.4 Å². The first-order valence-electron chi connectivity index (χ1n) is 9.10. The van der Waals surface area contributed by atoms with E-state index in [2.05, 4.69) is 32.1 Å². The molecule has 0 aromatic heterocycles. The lowest BCUT2D eigenvalue weighted by Gasteiger charge is -2.12. The molecule has 0 radical (unpaired) electrons. The van der Waals surface area contributed by atoms with Crippen LogP contribution in [0.3, 0.4) is 0 Å². The van der Waals surface area contributed by atoms with Gasteiger partial charge < -0.3 is 9.47 Å². The normalized spacial score (nSPS) is 10.2. The number of halogens is 3. The van der Waals surface area contributed by atoms with E-state index in [1.54, 1.807) is 24.3 Å². The Kier molecular flexibility index (Phi) is 10.3.